The highest BCUT2D eigenvalue weighted by Crippen LogP contribution is 2.36. The minimum absolute atomic E-state index is 0.0188. The number of nitrogens with zero attached hydrogens (tertiary/aromatic N) is 1. The Morgan fingerprint density at radius 2 is 1.48 bits per heavy atom. The third kappa shape index (κ3) is 9.10. The average Bonchev–Trinajstić information content (AvgIpc) is 2.98. The Morgan fingerprint density at radius 3 is 2.16 bits per heavy atom. The summed E-state index contributed by atoms with van der Waals surface area (Å²) in [5, 5.41) is 4.34. The molecule has 3 aromatic carbocycles. The van der Waals surface area contributed by atoms with Crippen LogP contribution < -0.4 is 31.0 Å². The summed E-state index contributed by atoms with van der Waals surface area (Å²) in [7, 11) is 0. The van der Waals surface area contributed by atoms with Crippen LogP contribution in [0.2, 0.25) is 5.02 Å². The van der Waals surface area contributed by atoms with Crippen molar-refractivity contribution < 1.29 is 37.0 Å². The molecule has 0 bridgehead atoms. The maximum Gasteiger partial charge on any atom is 0.417 e. The van der Waals surface area contributed by atoms with Gasteiger partial charge in [0.15, 0.2) is 0 Å². The zero-order valence-corrected chi connectivity index (χ0v) is 23.8. The van der Waals surface area contributed by atoms with Gasteiger partial charge >= 0.3 is 12.2 Å². The van der Waals surface area contributed by atoms with Gasteiger partial charge in [-0.3, -0.25) is 25.4 Å². The summed E-state index contributed by atoms with van der Waals surface area (Å²) < 4.78 is 50.3. The van der Waals surface area contributed by atoms with Crippen molar-refractivity contribution in [3.63, 3.8) is 0 Å². The lowest BCUT2D eigenvalue weighted by Gasteiger charge is -2.13. The first-order valence-electron chi connectivity index (χ1n) is 13.0. The maximum absolute atomic E-state index is 13.1. The fourth-order valence-electron chi connectivity index (χ4n) is 3.75. The molecule has 0 aliphatic rings. The van der Waals surface area contributed by atoms with E-state index in [1.165, 1.54) is 48.7 Å². The molecule has 0 unspecified atom stereocenters. The lowest BCUT2D eigenvalue weighted by atomic mass is 10.1. The summed E-state index contributed by atoms with van der Waals surface area (Å²) in [6.45, 7) is 2.40. The van der Waals surface area contributed by atoms with Gasteiger partial charge in [0.25, 0.3) is 5.91 Å². The van der Waals surface area contributed by atoms with E-state index in [0.717, 1.165) is 17.7 Å². The van der Waals surface area contributed by atoms with Crippen LogP contribution in [0.25, 0.3) is 0 Å². The van der Waals surface area contributed by atoms with Crippen molar-refractivity contribution in [2.24, 2.45) is 0 Å². The SMILES string of the molecule is CCOc1ccc(CC(=O)NNC(=O)c2cc(Oc3ccc(NC(=O)Nc4ccc(Cl)c(C(F)(F)F)c4)cc3)ccn2)cc1. The number of aromatic nitrogens is 1. The number of benzene rings is 3. The molecule has 0 aliphatic heterocycles. The average molecular weight is 628 g/mol. The second kappa shape index (κ2) is 14.2. The second-order valence-electron chi connectivity index (χ2n) is 9.03. The third-order valence-corrected chi connectivity index (χ3v) is 6.09. The number of hydrazine groups is 1. The molecule has 0 fully saturated rings. The number of hydrogen-bond donors (Lipinski definition) is 4. The number of ether oxygens (including phenoxy) is 2. The van der Waals surface area contributed by atoms with E-state index in [-0.39, 0.29) is 23.6 Å². The van der Waals surface area contributed by atoms with Crippen LogP contribution >= 0.6 is 11.6 Å². The fourth-order valence-corrected chi connectivity index (χ4v) is 3.97. The summed E-state index contributed by atoms with van der Waals surface area (Å²) in [6.07, 6.45) is -3.28. The standard InChI is InChI=1S/C30H25ClF3N5O5/c1-2-43-21-8-3-18(4-9-21)15-27(40)38-39-28(41)26-17-23(13-14-35-26)44-22-10-5-19(6-11-22)36-29(42)37-20-7-12-25(31)24(16-20)30(32,33)34/h3-14,16-17H,2,15H2,1H3,(H,38,40)(H,39,41)(H2,36,37,42). The number of hydrogen-bond acceptors (Lipinski definition) is 6. The van der Waals surface area contributed by atoms with Gasteiger partial charge in [-0.1, -0.05) is 23.7 Å². The molecule has 1 aromatic heterocycles. The normalized spacial score (nSPS) is 10.8. The molecule has 0 spiro atoms. The molecule has 10 nitrogen and oxygen atoms in total. The predicted octanol–water partition coefficient (Wildman–Crippen LogP) is 6.59. The first-order valence-corrected chi connectivity index (χ1v) is 13.4. The number of anilines is 2. The van der Waals surface area contributed by atoms with Crippen molar-refractivity contribution in [1.82, 2.24) is 15.8 Å². The summed E-state index contributed by atoms with van der Waals surface area (Å²) in [6, 6.07) is 18.2. The Hall–Kier alpha value is -5.30. The number of carbonyl (C=O) groups is 3. The first kappa shape index (κ1) is 31.6. The molecule has 4 N–H and O–H groups in total. The number of halogens is 4. The molecule has 228 valence electrons. The number of urea groups is 1. The van der Waals surface area contributed by atoms with E-state index in [2.05, 4.69) is 26.5 Å². The number of nitrogens with one attached hydrogen (secondary N) is 4. The van der Waals surface area contributed by atoms with Crippen LogP contribution in [0.5, 0.6) is 17.2 Å². The minimum atomic E-state index is -4.67. The van der Waals surface area contributed by atoms with Crippen molar-refractivity contribution in [3.8, 4) is 17.2 Å². The van der Waals surface area contributed by atoms with Crippen LogP contribution in [0.15, 0.2) is 85.1 Å². The summed E-state index contributed by atoms with van der Waals surface area (Å²) in [4.78, 5) is 41.0. The molecule has 0 radical (unpaired) electrons. The molecule has 1 heterocycles. The Balaban J connectivity index is 1.27. The van der Waals surface area contributed by atoms with E-state index in [1.54, 1.807) is 24.3 Å². The van der Waals surface area contributed by atoms with Crippen LogP contribution in [-0.4, -0.2) is 29.4 Å². The van der Waals surface area contributed by atoms with Crippen molar-refractivity contribution >= 4 is 40.8 Å². The fraction of sp³-hybridized carbons (Fsp3) is 0.133. The van der Waals surface area contributed by atoms with Gasteiger partial charge in [-0.15, -0.1) is 0 Å². The topological polar surface area (TPSA) is 131 Å². The Labute approximate surface area is 254 Å². The van der Waals surface area contributed by atoms with E-state index in [4.69, 9.17) is 21.1 Å². The lowest BCUT2D eigenvalue weighted by molar-refractivity contribution is -0.137. The maximum atomic E-state index is 13.1. The molecule has 0 saturated heterocycles. The second-order valence-corrected chi connectivity index (χ2v) is 9.44. The van der Waals surface area contributed by atoms with Gasteiger partial charge in [-0.05, 0) is 73.2 Å². The molecular weight excluding hydrogens is 603 g/mol. The van der Waals surface area contributed by atoms with Gasteiger partial charge in [0.2, 0.25) is 5.91 Å². The molecule has 0 saturated carbocycles. The zero-order chi connectivity index (χ0) is 31.7. The summed E-state index contributed by atoms with van der Waals surface area (Å²) >= 11 is 5.60. The number of alkyl halides is 3. The molecule has 4 rings (SSSR count). The van der Waals surface area contributed by atoms with E-state index < -0.39 is 34.6 Å². The summed E-state index contributed by atoms with van der Waals surface area (Å²) in [5.41, 5.74) is 4.53. The number of pyridine rings is 1. The molecule has 14 heteroatoms. The first-order chi connectivity index (χ1) is 21.0. The van der Waals surface area contributed by atoms with E-state index in [0.29, 0.717) is 23.8 Å². The molecular formula is C30H25ClF3N5O5. The highest BCUT2D eigenvalue weighted by molar-refractivity contribution is 6.31. The van der Waals surface area contributed by atoms with Gasteiger partial charge in [-0.2, -0.15) is 13.2 Å². The molecule has 44 heavy (non-hydrogen) atoms. The van der Waals surface area contributed by atoms with Crippen molar-refractivity contribution in [3.05, 3.63) is 107 Å². The van der Waals surface area contributed by atoms with Crippen LogP contribution in [-0.2, 0) is 17.4 Å². The lowest BCUT2D eigenvalue weighted by Crippen LogP contribution is -2.42. The molecule has 0 atom stereocenters. The quantitative estimate of drug-likeness (QED) is 0.155. The van der Waals surface area contributed by atoms with Gasteiger partial charge in [-0.25, -0.2) is 4.79 Å². The highest BCUT2D eigenvalue weighted by Gasteiger charge is 2.33. The van der Waals surface area contributed by atoms with Crippen LogP contribution in [0.1, 0.15) is 28.5 Å². The number of carbonyl (C=O) groups excluding carboxylic acids is 3. The van der Waals surface area contributed by atoms with Crippen molar-refractivity contribution in [2.75, 3.05) is 17.2 Å². The van der Waals surface area contributed by atoms with Crippen LogP contribution in [0.3, 0.4) is 0 Å². The minimum Gasteiger partial charge on any atom is -0.494 e. The van der Waals surface area contributed by atoms with Crippen molar-refractivity contribution in [2.45, 2.75) is 19.5 Å². The Morgan fingerprint density at radius 1 is 0.818 bits per heavy atom. The predicted molar refractivity (Wildman–Crippen MR) is 157 cm³/mol. The van der Waals surface area contributed by atoms with Gasteiger partial charge in [0, 0.05) is 23.6 Å². The molecule has 0 aliphatic carbocycles. The van der Waals surface area contributed by atoms with E-state index >= 15 is 0 Å². The Kier molecular flexibility index (Phi) is 10.2. The highest BCUT2D eigenvalue weighted by atomic mass is 35.5. The van der Waals surface area contributed by atoms with E-state index in [9.17, 15) is 27.6 Å². The molecule has 4 amide bonds. The summed E-state index contributed by atoms with van der Waals surface area (Å²) in [5.74, 6) is 0.217. The monoisotopic (exact) mass is 627 g/mol. The number of amides is 4. The van der Waals surface area contributed by atoms with Gasteiger partial charge in [0.05, 0.1) is 23.6 Å². The molecule has 4 aromatic rings. The van der Waals surface area contributed by atoms with Crippen LogP contribution in [0, 0.1) is 0 Å². The van der Waals surface area contributed by atoms with Gasteiger partial charge in [0.1, 0.15) is 22.9 Å². The smallest absolute Gasteiger partial charge is 0.417 e. The van der Waals surface area contributed by atoms with Crippen LogP contribution in [0.4, 0.5) is 29.3 Å². The van der Waals surface area contributed by atoms with Crippen molar-refractivity contribution in [1.29, 1.82) is 0 Å². The largest absolute Gasteiger partial charge is 0.494 e. The van der Waals surface area contributed by atoms with E-state index in [1.807, 2.05) is 6.92 Å². The zero-order valence-electron chi connectivity index (χ0n) is 23.0. The number of rotatable bonds is 9. The van der Waals surface area contributed by atoms with Gasteiger partial charge < -0.3 is 20.1 Å². The third-order valence-electron chi connectivity index (χ3n) is 5.76. The Bertz CT molecular complexity index is 1630.